The molecule has 2 rings (SSSR count). The Kier molecular flexibility index (Phi) is 1.24. The summed E-state index contributed by atoms with van der Waals surface area (Å²) < 4.78 is 1.82. The van der Waals surface area contributed by atoms with Gasteiger partial charge in [-0.3, -0.25) is 3.59 Å². The van der Waals surface area contributed by atoms with Crippen molar-refractivity contribution in [1.82, 2.24) is 8.58 Å². The van der Waals surface area contributed by atoms with Gasteiger partial charge in [0.25, 0.3) is 0 Å². The summed E-state index contributed by atoms with van der Waals surface area (Å²) in [7, 11) is 0. The van der Waals surface area contributed by atoms with Crippen LogP contribution in [0.25, 0.3) is 11.4 Å². The van der Waals surface area contributed by atoms with E-state index in [0.29, 0.717) is 0 Å². The second-order valence-electron chi connectivity index (χ2n) is 2.04. The van der Waals surface area contributed by atoms with Crippen LogP contribution in [0.2, 0.25) is 0 Å². The van der Waals surface area contributed by atoms with Crippen molar-refractivity contribution in [2.75, 3.05) is 0 Å². The minimum absolute atomic E-state index is 0.961. The molecule has 0 bridgehead atoms. The highest BCUT2D eigenvalue weighted by Gasteiger charge is 2.03. The smallest absolute Gasteiger partial charge is 0.149 e. The molecular weight excluding hydrogens is 192 g/mol. The Balaban J connectivity index is 2.80. The zero-order valence-electron chi connectivity index (χ0n) is 5.16. The zero-order chi connectivity index (χ0) is 6.97. The van der Waals surface area contributed by atoms with Gasteiger partial charge in [0.1, 0.15) is 5.82 Å². The normalized spacial score (nSPS) is 10.5. The van der Waals surface area contributed by atoms with Crippen molar-refractivity contribution in [3.8, 4) is 11.4 Å². The Morgan fingerprint density at radius 1 is 1.40 bits per heavy atom. The van der Waals surface area contributed by atoms with Crippen LogP contribution in [0.1, 0.15) is 0 Å². The third kappa shape index (κ3) is 0.743. The second-order valence-corrected chi connectivity index (χ2v) is 2.81. The average Bonchev–Trinajstić information content (AvgIpc) is 2.36. The molecule has 50 valence electrons. The van der Waals surface area contributed by atoms with Crippen LogP contribution in [-0.4, -0.2) is 8.58 Å². The molecule has 0 aromatic heterocycles. The van der Waals surface area contributed by atoms with Crippen LogP contribution in [-0.2, 0) is 0 Å². The first kappa shape index (κ1) is 5.92. The van der Waals surface area contributed by atoms with Crippen LogP contribution >= 0.6 is 16.1 Å². The lowest BCUT2D eigenvalue weighted by molar-refractivity contribution is 1.18. The molecule has 0 aliphatic carbocycles. The molecule has 0 saturated heterocycles. The van der Waals surface area contributed by atoms with Crippen LogP contribution < -0.4 is 0 Å². The number of hydrogen-bond donors (Lipinski definition) is 0. The summed E-state index contributed by atoms with van der Waals surface area (Å²) in [5.74, 6) is 0.961. The predicted molar refractivity (Wildman–Crippen MR) is 43.2 cm³/mol. The summed E-state index contributed by atoms with van der Waals surface area (Å²) in [6.45, 7) is 0. The lowest BCUT2D eigenvalue weighted by atomic mass is 10.3. The molecule has 2 aliphatic heterocycles. The maximum atomic E-state index is 4.13. The van der Waals surface area contributed by atoms with Gasteiger partial charge in [-0.2, -0.15) is 0 Å². The molecule has 0 unspecified atom stereocenters. The maximum absolute atomic E-state index is 4.13. The van der Waals surface area contributed by atoms with Gasteiger partial charge >= 0.3 is 0 Å². The van der Waals surface area contributed by atoms with Gasteiger partial charge in [0, 0.05) is 18.0 Å². The van der Waals surface area contributed by atoms with Crippen LogP contribution in [0, 0.1) is 0 Å². The van der Waals surface area contributed by atoms with Crippen molar-refractivity contribution in [2.45, 2.75) is 0 Å². The molecule has 0 fully saturated rings. The Hall–Kier alpha value is -0.830. The second kappa shape index (κ2) is 2.09. The molecule has 0 atom stereocenters. The molecule has 2 heterocycles. The van der Waals surface area contributed by atoms with Crippen molar-refractivity contribution in [1.29, 1.82) is 0 Å². The Morgan fingerprint density at radius 2 is 2.30 bits per heavy atom. The number of fused-ring (bicyclic) bond motifs is 1. The number of halogens is 1. The van der Waals surface area contributed by atoms with E-state index in [-0.39, 0.29) is 0 Å². The van der Waals surface area contributed by atoms with Gasteiger partial charge in [-0.15, -0.1) is 0 Å². The highest BCUT2D eigenvalue weighted by Crippen LogP contribution is 2.19. The molecule has 2 aliphatic rings. The van der Waals surface area contributed by atoms with Crippen molar-refractivity contribution in [2.24, 2.45) is 0 Å². The first-order valence-corrected chi connectivity index (χ1v) is 3.67. The predicted octanol–water partition coefficient (Wildman–Crippen LogP) is 2.15. The van der Waals surface area contributed by atoms with Gasteiger partial charge in [0.05, 0.1) is 16.1 Å². The van der Waals surface area contributed by atoms with Crippen LogP contribution in [0.3, 0.4) is 0 Å². The zero-order valence-corrected chi connectivity index (χ0v) is 6.75. The molecule has 0 spiro atoms. The minimum atomic E-state index is 0.961. The van der Waals surface area contributed by atoms with E-state index >= 15 is 0 Å². The fourth-order valence-electron chi connectivity index (χ4n) is 0.939. The van der Waals surface area contributed by atoms with Gasteiger partial charge in [-0.1, -0.05) is 0 Å². The SMILES string of the molecule is Brn1cccc2ccnc1-2. The first-order valence-electron chi connectivity index (χ1n) is 2.96. The van der Waals surface area contributed by atoms with Crippen molar-refractivity contribution >= 4 is 16.1 Å². The average molecular weight is 197 g/mol. The molecule has 0 N–H and O–H groups in total. The Bertz CT molecular complexity index is 315. The van der Waals surface area contributed by atoms with E-state index in [1.54, 1.807) is 6.20 Å². The first-order chi connectivity index (χ1) is 4.88. The topological polar surface area (TPSA) is 17.8 Å². The molecule has 0 aromatic rings. The minimum Gasteiger partial charge on any atom is -0.267 e. The summed E-state index contributed by atoms with van der Waals surface area (Å²) in [6, 6.07) is 5.98. The standard InChI is InChI=1S/C7H5BrN2/c8-10-5-1-2-6-3-4-9-7(6)10/h1-5H. The molecule has 0 amide bonds. The molecule has 3 heteroatoms. The maximum Gasteiger partial charge on any atom is 0.149 e. The van der Waals surface area contributed by atoms with Crippen molar-refractivity contribution in [3.63, 3.8) is 0 Å². The fourth-order valence-corrected chi connectivity index (χ4v) is 1.37. The lowest BCUT2D eigenvalue weighted by Crippen LogP contribution is -1.87. The summed E-state index contributed by atoms with van der Waals surface area (Å²) in [5.41, 5.74) is 1.15. The van der Waals surface area contributed by atoms with Gasteiger partial charge in [0.15, 0.2) is 0 Å². The van der Waals surface area contributed by atoms with E-state index in [9.17, 15) is 0 Å². The Labute approximate surface area is 67.2 Å². The largest absolute Gasteiger partial charge is 0.267 e. The van der Waals surface area contributed by atoms with Crippen LogP contribution in [0.15, 0.2) is 30.6 Å². The van der Waals surface area contributed by atoms with E-state index in [1.165, 1.54) is 0 Å². The number of pyridine rings is 1. The molecular formula is C7H5BrN2. The number of hydrogen-bond acceptors (Lipinski definition) is 1. The van der Waals surface area contributed by atoms with E-state index in [0.717, 1.165) is 11.4 Å². The van der Waals surface area contributed by atoms with Crippen LogP contribution in [0.5, 0.6) is 0 Å². The van der Waals surface area contributed by atoms with Crippen molar-refractivity contribution in [3.05, 3.63) is 30.6 Å². The lowest BCUT2D eigenvalue weighted by Gasteiger charge is -2.00. The molecule has 2 nitrogen and oxygen atoms in total. The Morgan fingerprint density at radius 3 is 3.10 bits per heavy atom. The molecule has 0 saturated carbocycles. The fraction of sp³-hybridized carbons (Fsp3) is 0. The van der Waals surface area contributed by atoms with Gasteiger partial charge < -0.3 is 0 Å². The molecule has 0 aromatic carbocycles. The monoisotopic (exact) mass is 196 g/mol. The third-order valence-corrected chi connectivity index (χ3v) is 1.98. The number of aromatic nitrogens is 2. The van der Waals surface area contributed by atoms with Crippen LogP contribution in [0.4, 0.5) is 0 Å². The van der Waals surface area contributed by atoms with E-state index in [4.69, 9.17) is 0 Å². The third-order valence-electron chi connectivity index (χ3n) is 1.40. The summed E-state index contributed by atoms with van der Waals surface area (Å²) in [5, 5.41) is 0. The van der Waals surface area contributed by atoms with Gasteiger partial charge in [-0.25, -0.2) is 4.98 Å². The summed E-state index contributed by atoms with van der Waals surface area (Å²) in [6.07, 6.45) is 3.71. The highest BCUT2D eigenvalue weighted by atomic mass is 79.9. The van der Waals surface area contributed by atoms with E-state index < -0.39 is 0 Å². The summed E-state index contributed by atoms with van der Waals surface area (Å²) in [4.78, 5) is 4.13. The van der Waals surface area contributed by atoms with Gasteiger partial charge in [-0.05, 0) is 18.2 Å². The number of rotatable bonds is 0. The highest BCUT2D eigenvalue weighted by molar-refractivity contribution is 9.08. The molecule has 10 heavy (non-hydrogen) atoms. The quantitative estimate of drug-likeness (QED) is 0.632. The van der Waals surface area contributed by atoms with E-state index in [1.807, 2.05) is 28.0 Å². The molecule has 0 radical (unpaired) electrons. The van der Waals surface area contributed by atoms with Crippen molar-refractivity contribution < 1.29 is 0 Å². The van der Waals surface area contributed by atoms with E-state index in [2.05, 4.69) is 21.1 Å². The summed E-state index contributed by atoms with van der Waals surface area (Å²) >= 11 is 3.33. The van der Waals surface area contributed by atoms with Gasteiger partial charge in [0.2, 0.25) is 0 Å². The number of nitrogens with zero attached hydrogens (tertiary/aromatic N) is 2.